The summed E-state index contributed by atoms with van der Waals surface area (Å²) in [6, 6.07) is 0. The molecule has 0 aliphatic carbocycles. The standard InChI is InChI=1S/C7H13F4NO2/c1-6(8,9)4-7(10,11)5-12-2-3-14-13/h12-13H,2-5H2,1H3. The maximum atomic E-state index is 12.7. The Balaban J connectivity index is 3.72. The van der Waals surface area contributed by atoms with Crippen molar-refractivity contribution in [1.82, 2.24) is 5.32 Å². The van der Waals surface area contributed by atoms with E-state index in [1.807, 2.05) is 0 Å². The van der Waals surface area contributed by atoms with Gasteiger partial charge in [-0.15, -0.1) is 0 Å². The van der Waals surface area contributed by atoms with Crippen molar-refractivity contribution in [3.63, 3.8) is 0 Å². The second-order valence-electron chi connectivity index (χ2n) is 3.11. The van der Waals surface area contributed by atoms with Crippen LogP contribution in [0.15, 0.2) is 0 Å². The van der Waals surface area contributed by atoms with Crippen LogP contribution in [0, 0.1) is 0 Å². The Morgan fingerprint density at radius 3 is 2.29 bits per heavy atom. The number of hydrogen-bond acceptors (Lipinski definition) is 3. The molecule has 0 aromatic heterocycles. The van der Waals surface area contributed by atoms with Crippen molar-refractivity contribution in [1.29, 1.82) is 0 Å². The first-order valence-electron chi connectivity index (χ1n) is 3.99. The molecule has 86 valence electrons. The van der Waals surface area contributed by atoms with Crippen LogP contribution in [0.4, 0.5) is 17.6 Å². The van der Waals surface area contributed by atoms with Crippen LogP contribution < -0.4 is 5.32 Å². The molecule has 0 fully saturated rings. The molecule has 2 N–H and O–H groups in total. The molecule has 0 atom stereocenters. The van der Waals surface area contributed by atoms with E-state index in [2.05, 4.69) is 10.2 Å². The lowest BCUT2D eigenvalue weighted by Gasteiger charge is -2.20. The van der Waals surface area contributed by atoms with Gasteiger partial charge in [-0.3, -0.25) is 5.26 Å². The molecular formula is C7H13F4NO2. The molecule has 0 heterocycles. The van der Waals surface area contributed by atoms with E-state index in [0.717, 1.165) is 0 Å². The van der Waals surface area contributed by atoms with E-state index in [9.17, 15) is 17.6 Å². The van der Waals surface area contributed by atoms with Crippen molar-refractivity contribution in [3.05, 3.63) is 0 Å². The van der Waals surface area contributed by atoms with Gasteiger partial charge in [0.15, 0.2) is 0 Å². The van der Waals surface area contributed by atoms with E-state index in [1.54, 1.807) is 0 Å². The van der Waals surface area contributed by atoms with Crippen LogP contribution in [0.2, 0.25) is 0 Å². The van der Waals surface area contributed by atoms with Crippen molar-refractivity contribution >= 4 is 0 Å². The molecule has 0 rings (SSSR count). The van der Waals surface area contributed by atoms with Gasteiger partial charge in [-0.2, -0.15) is 0 Å². The van der Waals surface area contributed by atoms with E-state index in [4.69, 9.17) is 5.26 Å². The summed E-state index contributed by atoms with van der Waals surface area (Å²) in [5.41, 5.74) is 0. The van der Waals surface area contributed by atoms with Gasteiger partial charge < -0.3 is 5.32 Å². The zero-order valence-electron chi connectivity index (χ0n) is 7.70. The summed E-state index contributed by atoms with van der Waals surface area (Å²) >= 11 is 0. The smallest absolute Gasteiger partial charge is 0.266 e. The number of halogens is 4. The molecule has 14 heavy (non-hydrogen) atoms. The Bertz CT molecular complexity index is 160. The molecule has 0 saturated carbocycles. The quantitative estimate of drug-likeness (QED) is 0.296. The van der Waals surface area contributed by atoms with Crippen molar-refractivity contribution in [2.75, 3.05) is 19.7 Å². The van der Waals surface area contributed by atoms with Crippen molar-refractivity contribution in [3.8, 4) is 0 Å². The van der Waals surface area contributed by atoms with Gasteiger partial charge in [0, 0.05) is 6.54 Å². The third kappa shape index (κ3) is 8.21. The van der Waals surface area contributed by atoms with Gasteiger partial charge in [0.25, 0.3) is 11.8 Å². The first kappa shape index (κ1) is 13.6. The van der Waals surface area contributed by atoms with Crippen molar-refractivity contribution < 1.29 is 27.7 Å². The van der Waals surface area contributed by atoms with Gasteiger partial charge in [-0.1, -0.05) is 0 Å². The molecule has 0 amide bonds. The number of alkyl halides is 4. The predicted molar refractivity (Wildman–Crippen MR) is 41.6 cm³/mol. The molecule has 0 unspecified atom stereocenters. The maximum absolute atomic E-state index is 12.7. The summed E-state index contributed by atoms with van der Waals surface area (Å²) in [6.45, 7) is -0.614. The highest BCUT2D eigenvalue weighted by Crippen LogP contribution is 2.29. The summed E-state index contributed by atoms with van der Waals surface area (Å²) in [5, 5.41) is 10.0. The van der Waals surface area contributed by atoms with Gasteiger partial charge in [-0.05, 0) is 6.92 Å². The third-order valence-electron chi connectivity index (χ3n) is 1.32. The number of nitrogens with one attached hydrogen (secondary N) is 1. The Kier molecular flexibility index (Phi) is 5.32. The highest BCUT2D eigenvalue weighted by Gasteiger charge is 2.39. The summed E-state index contributed by atoms with van der Waals surface area (Å²) in [5.74, 6) is -6.85. The lowest BCUT2D eigenvalue weighted by atomic mass is 10.1. The molecule has 0 aromatic carbocycles. The first-order valence-corrected chi connectivity index (χ1v) is 3.99. The van der Waals surface area contributed by atoms with Gasteiger partial charge in [0.1, 0.15) is 0 Å². The maximum Gasteiger partial charge on any atom is 0.266 e. The van der Waals surface area contributed by atoms with Crippen LogP contribution in [0.5, 0.6) is 0 Å². The molecule has 0 bridgehead atoms. The van der Waals surface area contributed by atoms with E-state index in [1.165, 1.54) is 0 Å². The number of rotatable bonds is 7. The van der Waals surface area contributed by atoms with Crippen LogP contribution in [0.3, 0.4) is 0 Å². The Hall–Kier alpha value is -0.400. The molecule has 0 aromatic rings. The Morgan fingerprint density at radius 2 is 1.86 bits per heavy atom. The average molecular weight is 219 g/mol. The van der Waals surface area contributed by atoms with Crippen molar-refractivity contribution in [2.45, 2.75) is 25.2 Å². The SMILES string of the molecule is CC(F)(F)CC(F)(F)CNCCOO. The molecule has 3 nitrogen and oxygen atoms in total. The lowest BCUT2D eigenvalue weighted by Crippen LogP contribution is -2.38. The summed E-state index contributed by atoms with van der Waals surface area (Å²) < 4.78 is 49.8. The lowest BCUT2D eigenvalue weighted by molar-refractivity contribution is -0.240. The van der Waals surface area contributed by atoms with E-state index in [0.29, 0.717) is 6.92 Å². The topological polar surface area (TPSA) is 41.5 Å². The fourth-order valence-electron chi connectivity index (χ4n) is 0.906. The zero-order chi connectivity index (χ0) is 11.2. The molecule has 0 aliphatic heterocycles. The van der Waals surface area contributed by atoms with Crippen LogP contribution in [-0.2, 0) is 4.89 Å². The van der Waals surface area contributed by atoms with E-state index < -0.39 is 24.8 Å². The molecule has 0 saturated heterocycles. The van der Waals surface area contributed by atoms with Gasteiger partial charge in [0.2, 0.25) is 0 Å². The minimum absolute atomic E-state index is 0.0264. The molecule has 7 heteroatoms. The molecule has 0 spiro atoms. The molecular weight excluding hydrogens is 206 g/mol. The van der Waals surface area contributed by atoms with Crippen molar-refractivity contribution in [2.24, 2.45) is 0 Å². The summed E-state index contributed by atoms with van der Waals surface area (Å²) in [7, 11) is 0. The van der Waals surface area contributed by atoms with Crippen LogP contribution >= 0.6 is 0 Å². The number of hydrogen-bond donors (Lipinski definition) is 2. The largest absolute Gasteiger partial charge is 0.309 e. The minimum atomic E-state index is -3.46. The van der Waals surface area contributed by atoms with Gasteiger partial charge in [-0.25, -0.2) is 22.4 Å². The average Bonchev–Trinajstić information content (AvgIpc) is 1.93. The van der Waals surface area contributed by atoms with Crippen LogP contribution in [0.25, 0.3) is 0 Å². The van der Waals surface area contributed by atoms with Crippen LogP contribution in [-0.4, -0.2) is 36.8 Å². The fraction of sp³-hybridized carbons (Fsp3) is 1.00. The van der Waals surface area contributed by atoms with Crippen LogP contribution in [0.1, 0.15) is 13.3 Å². The van der Waals surface area contributed by atoms with E-state index >= 15 is 0 Å². The Morgan fingerprint density at radius 1 is 1.29 bits per heavy atom. The van der Waals surface area contributed by atoms with Gasteiger partial charge in [0.05, 0.1) is 19.6 Å². The normalized spacial score (nSPS) is 13.3. The highest BCUT2D eigenvalue weighted by atomic mass is 19.3. The highest BCUT2D eigenvalue weighted by molar-refractivity contribution is 4.76. The monoisotopic (exact) mass is 219 g/mol. The fourth-order valence-corrected chi connectivity index (χ4v) is 0.906. The zero-order valence-corrected chi connectivity index (χ0v) is 7.70. The molecule has 0 aliphatic rings. The third-order valence-corrected chi connectivity index (χ3v) is 1.32. The minimum Gasteiger partial charge on any atom is -0.309 e. The van der Waals surface area contributed by atoms with E-state index in [-0.39, 0.29) is 13.2 Å². The second kappa shape index (κ2) is 5.47. The summed E-state index contributed by atoms with van der Waals surface area (Å²) in [4.78, 5) is 3.60. The Labute approximate surface area is 79.0 Å². The molecule has 0 radical (unpaired) electrons. The first-order chi connectivity index (χ1) is 6.27. The summed E-state index contributed by atoms with van der Waals surface area (Å²) in [6.07, 6.45) is -1.49. The van der Waals surface area contributed by atoms with Gasteiger partial charge >= 0.3 is 0 Å². The predicted octanol–water partition coefficient (Wildman–Crippen LogP) is 1.75. The second-order valence-corrected chi connectivity index (χ2v) is 3.11.